The Morgan fingerprint density at radius 2 is 1.82 bits per heavy atom. The van der Waals surface area contributed by atoms with Crippen LogP contribution in [0.2, 0.25) is 0 Å². The summed E-state index contributed by atoms with van der Waals surface area (Å²) in [6.07, 6.45) is 11.5. The monoisotopic (exact) mass is 554 g/mol. The molecule has 2 atom stereocenters. The Morgan fingerprint density at radius 1 is 1.08 bits per heavy atom. The molecular weight excluding hydrogens is 508 g/mol. The Hall–Kier alpha value is -2.51. The zero-order valence-corrected chi connectivity index (χ0v) is 25.1. The van der Waals surface area contributed by atoms with E-state index in [1.54, 1.807) is 18.9 Å². The first kappa shape index (κ1) is 31.0. The number of nitrogens with one attached hydrogen (secondary N) is 2. The van der Waals surface area contributed by atoms with Crippen LogP contribution < -0.4 is 15.4 Å². The molecule has 214 valence electrons. The molecule has 0 heterocycles. The minimum absolute atomic E-state index is 0.314. The van der Waals surface area contributed by atoms with Gasteiger partial charge >= 0.3 is 5.97 Å². The highest BCUT2D eigenvalue weighted by molar-refractivity contribution is 7.98. The van der Waals surface area contributed by atoms with Gasteiger partial charge in [-0.1, -0.05) is 63.3 Å². The average molecular weight is 555 g/mol. The van der Waals surface area contributed by atoms with Crippen molar-refractivity contribution in [2.45, 2.75) is 83.8 Å². The van der Waals surface area contributed by atoms with E-state index in [9.17, 15) is 9.59 Å². The van der Waals surface area contributed by atoms with Gasteiger partial charge in [0.2, 0.25) is 0 Å². The maximum atomic E-state index is 13.7. The zero-order chi connectivity index (χ0) is 28.2. The van der Waals surface area contributed by atoms with Crippen LogP contribution >= 0.6 is 11.8 Å². The first-order valence-electron chi connectivity index (χ1n) is 14.3. The van der Waals surface area contributed by atoms with Gasteiger partial charge in [-0.05, 0) is 72.9 Å². The van der Waals surface area contributed by atoms with Gasteiger partial charge in [-0.2, -0.15) is 11.8 Å². The summed E-state index contributed by atoms with van der Waals surface area (Å²) in [5.41, 5.74) is 4.39. The maximum absolute atomic E-state index is 13.7. The van der Waals surface area contributed by atoms with Gasteiger partial charge in [0.05, 0.1) is 19.8 Å². The standard InChI is InChI=1S/C32H46N2O4S/c1-6-25(18-23-13-8-7-9-14-23)33-21-24-19-27(26-15-11-10-12-22(26)2)28(20-30(24)37-3)31(35)34-29(16-17-39-5)32(36)38-4/h10-12,15,19-20,23,25,29,33H,6-9,13-14,16-18,21H2,1-5H3,(H,34,35). The molecule has 1 aliphatic carbocycles. The van der Waals surface area contributed by atoms with Gasteiger partial charge in [-0.15, -0.1) is 0 Å². The SMILES string of the molecule is CCC(CC1CCCCC1)NCc1cc(-c2ccccc2C)c(C(=O)NC(CCSC)C(=O)OC)cc1OC. The number of aryl methyl sites for hydroxylation is 1. The predicted molar refractivity (Wildman–Crippen MR) is 162 cm³/mol. The number of benzene rings is 2. The molecule has 0 saturated heterocycles. The number of esters is 1. The lowest BCUT2D eigenvalue weighted by Gasteiger charge is -2.27. The van der Waals surface area contributed by atoms with E-state index in [0.29, 0.717) is 30.3 Å². The Kier molecular flexibility index (Phi) is 12.7. The Morgan fingerprint density at radius 3 is 2.46 bits per heavy atom. The molecule has 3 rings (SSSR count). The van der Waals surface area contributed by atoms with Gasteiger partial charge in [0.25, 0.3) is 5.91 Å². The minimum atomic E-state index is -0.711. The largest absolute Gasteiger partial charge is 0.496 e. The van der Waals surface area contributed by atoms with Crippen molar-refractivity contribution >= 4 is 23.6 Å². The van der Waals surface area contributed by atoms with Crippen LogP contribution in [0.25, 0.3) is 11.1 Å². The third kappa shape index (κ3) is 8.74. The summed E-state index contributed by atoms with van der Waals surface area (Å²) in [6.45, 7) is 4.96. The molecule has 0 aliphatic heterocycles. The van der Waals surface area contributed by atoms with Gasteiger partial charge < -0.3 is 20.1 Å². The molecule has 2 unspecified atom stereocenters. The van der Waals surface area contributed by atoms with Gasteiger partial charge in [0, 0.05) is 18.2 Å². The van der Waals surface area contributed by atoms with Gasteiger partial charge in [-0.25, -0.2) is 4.79 Å². The number of ether oxygens (including phenoxy) is 2. The number of hydrogen-bond donors (Lipinski definition) is 2. The summed E-state index contributed by atoms with van der Waals surface area (Å²) in [4.78, 5) is 26.1. The van der Waals surface area contributed by atoms with Gasteiger partial charge in [-0.3, -0.25) is 4.79 Å². The van der Waals surface area contributed by atoms with E-state index >= 15 is 0 Å². The summed E-state index contributed by atoms with van der Waals surface area (Å²) in [6, 6.07) is 11.7. The van der Waals surface area contributed by atoms with E-state index in [-0.39, 0.29) is 5.91 Å². The number of carbonyl (C=O) groups is 2. The first-order chi connectivity index (χ1) is 18.9. The lowest BCUT2D eigenvalue weighted by Crippen LogP contribution is -2.42. The average Bonchev–Trinajstić information content (AvgIpc) is 2.97. The van der Waals surface area contributed by atoms with E-state index in [2.05, 4.69) is 23.6 Å². The number of methoxy groups -OCH3 is 2. The predicted octanol–water partition coefficient (Wildman–Crippen LogP) is 6.53. The number of rotatable bonds is 14. The van der Waals surface area contributed by atoms with Gasteiger partial charge in [0.1, 0.15) is 11.8 Å². The minimum Gasteiger partial charge on any atom is -0.496 e. The van der Waals surface area contributed by atoms with Crippen LogP contribution in [-0.4, -0.2) is 50.2 Å². The summed E-state index contributed by atoms with van der Waals surface area (Å²) < 4.78 is 10.8. The normalized spacial score (nSPS) is 15.4. The highest BCUT2D eigenvalue weighted by Gasteiger charge is 2.25. The zero-order valence-electron chi connectivity index (χ0n) is 24.3. The number of thioether (sulfide) groups is 1. The molecule has 1 saturated carbocycles. The van der Waals surface area contributed by atoms with E-state index in [1.807, 2.05) is 43.5 Å². The van der Waals surface area contributed by atoms with Gasteiger partial charge in [0.15, 0.2) is 0 Å². The number of amides is 1. The van der Waals surface area contributed by atoms with Crippen LogP contribution in [0.1, 0.15) is 79.8 Å². The summed E-state index contributed by atoms with van der Waals surface area (Å²) in [7, 11) is 2.99. The van der Waals surface area contributed by atoms with Crippen molar-refractivity contribution in [3.8, 4) is 16.9 Å². The summed E-state index contributed by atoms with van der Waals surface area (Å²) in [5.74, 6) is 1.45. The maximum Gasteiger partial charge on any atom is 0.328 e. The third-order valence-corrected chi connectivity index (χ3v) is 8.56. The molecule has 0 radical (unpaired) electrons. The summed E-state index contributed by atoms with van der Waals surface area (Å²) >= 11 is 1.62. The second kappa shape index (κ2) is 15.9. The smallest absolute Gasteiger partial charge is 0.328 e. The molecule has 2 aromatic carbocycles. The van der Waals surface area contributed by atoms with E-state index in [1.165, 1.54) is 45.6 Å². The van der Waals surface area contributed by atoms with E-state index < -0.39 is 12.0 Å². The van der Waals surface area contributed by atoms with Crippen molar-refractivity contribution in [2.75, 3.05) is 26.2 Å². The molecule has 7 heteroatoms. The molecule has 2 N–H and O–H groups in total. The Bertz CT molecular complexity index is 1080. The molecule has 0 bridgehead atoms. The van der Waals surface area contributed by atoms with Crippen LogP contribution in [0, 0.1) is 12.8 Å². The molecule has 0 aromatic heterocycles. The fraction of sp³-hybridized carbons (Fsp3) is 0.562. The second-order valence-electron chi connectivity index (χ2n) is 10.6. The molecule has 1 aliphatic rings. The highest BCUT2D eigenvalue weighted by Crippen LogP contribution is 2.34. The molecule has 39 heavy (non-hydrogen) atoms. The Labute approximate surface area is 239 Å². The van der Waals surface area contributed by atoms with Crippen LogP contribution in [0.3, 0.4) is 0 Å². The molecule has 6 nitrogen and oxygen atoms in total. The first-order valence-corrected chi connectivity index (χ1v) is 15.7. The molecule has 1 amide bonds. The summed E-state index contributed by atoms with van der Waals surface area (Å²) in [5, 5.41) is 6.71. The highest BCUT2D eigenvalue weighted by atomic mass is 32.2. The van der Waals surface area contributed by atoms with Crippen molar-refractivity contribution < 1.29 is 19.1 Å². The number of carbonyl (C=O) groups excluding carboxylic acids is 2. The molecular formula is C32H46N2O4S. The third-order valence-electron chi connectivity index (χ3n) is 7.92. The van der Waals surface area contributed by atoms with Crippen molar-refractivity contribution in [2.24, 2.45) is 5.92 Å². The van der Waals surface area contributed by atoms with Crippen LogP contribution in [0.4, 0.5) is 0 Å². The fourth-order valence-electron chi connectivity index (χ4n) is 5.58. The van der Waals surface area contributed by atoms with Crippen molar-refractivity contribution in [3.05, 3.63) is 53.1 Å². The van der Waals surface area contributed by atoms with E-state index in [4.69, 9.17) is 9.47 Å². The Balaban J connectivity index is 1.92. The van der Waals surface area contributed by atoms with Crippen molar-refractivity contribution in [3.63, 3.8) is 0 Å². The molecule has 1 fully saturated rings. The number of hydrogen-bond acceptors (Lipinski definition) is 6. The van der Waals surface area contributed by atoms with Crippen molar-refractivity contribution in [1.29, 1.82) is 0 Å². The molecule has 0 spiro atoms. The lowest BCUT2D eigenvalue weighted by atomic mass is 9.84. The van der Waals surface area contributed by atoms with Crippen LogP contribution in [0.5, 0.6) is 5.75 Å². The van der Waals surface area contributed by atoms with Crippen LogP contribution in [0.15, 0.2) is 36.4 Å². The van der Waals surface area contributed by atoms with Crippen LogP contribution in [-0.2, 0) is 16.1 Å². The lowest BCUT2D eigenvalue weighted by molar-refractivity contribution is -0.142. The van der Waals surface area contributed by atoms with E-state index in [0.717, 1.165) is 40.3 Å². The molecule has 2 aromatic rings. The van der Waals surface area contributed by atoms with Crippen molar-refractivity contribution in [1.82, 2.24) is 10.6 Å². The topological polar surface area (TPSA) is 76.7 Å². The quantitative estimate of drug-likeness (QED) is 0.259. The second-order valence-corrected chi connectivity index (χ2v) is 11.6. The fourth-order valence-corrected chi connectivity index (χ4v) is 6.05.